The van der Waals surface area contributed by atoms with Gasteiger partial charge in [0.15, 0.2) is 0 Å². The van der Waals surface area contributed by atoms with Crippen molar-refractivity contribution in [2.75, 3.05) is 10.6 Å². The summed E-state index contributed by atoms with van der Waals surface area (Å²) in [6.45, 7) is 1.90. The van der Waals surface area contributed by atoms with Gasteiger partial charge >= 0.3 is 5.69 Å². The van der Waals surface area contributed by atoms with Gasteiger partial charge in [-0.2, -0.15) is 0 Å². The van der Waals surface area contributed by atoms with E-state index in [1.807, 2.05) is 37.3 Å². The third-order valence-electron chi connectivity index (χ3n) is 4.26. The Labute approximate surface area is 170 Å². The maximum absolute atomic E-state index is 11.8. The fourth-order valence-corrected chi connectivity index (χ4v) is 3.10. The molecule has 29 heavy (non-hydrogen) atoms. The Kier molecular flexibility index (Phi) is 4.92. The van der Waals surface area contributed by atoms with E-state index in [1.165, 1.54) is 6.33 Å². The minimum atomic E-state index is -0.533. The van der Waals surface area contributed by atoms with Crippen LogP contribution in [0.2, 0.25) is 5.02 Å². The highest BCUT2D eigenvalue weighted by atomic mass is 35.5. The lowest BCUT2D eigenvalue weighted by molar-refractivity contribution is -0.383. The summed E-state index contributed by atoms with van der Waals surface area (Å²) in [6.07, 6.45) is 1.25. The number of aryl methyl sites for hydroxylation is 1. The molecule has 2 aromatic heterocycles. The van der Waals surface area contributed by atoms with Crippen LogP contribution in [0.25, 0.3) is 10.9 Å². The van der Waals surface area contributed by atoms with Crippen LogP contribution >= 0.6 is 11.6 Å². The topological polar surface area (TPSA) is 106 Å². The zero-order valence-electron chi connectivity index (χ0n) is 15.3. The van der Waals surface area contributed by atoms with Crippen molar-refractivity contribution in [1.82, 2.24) is 15.0 Å². The van der Waals surface area contributed by atoms with E-state index in [0.29, 0.717) is 16.4 Å². The average Bonchev–Trinajstić information content (AvgIpc) is 2.69. The van der Waals surface area contributed by atoms with Crippen molar-refractivity contribution in [3.05, 3.63) is 81.8 Å². The average molecular weight is 407 g/mol. The molecule has 0 aliphatic heterocycles. The van der Waals surface area contributed by atoms with Gasteiger partial charge in [-0.3, -0.25) is 15.1 Å². The summed E-state index contributed by atoms with van der Waals surface area (Å²) in [5.41, 5.74) is 2.53. The molecule has 2 aromatic carbocycles. The highest BCUT2D eigenvalue weighted by Gasteiger charge is 2.24. The number of rotatable bonds is 5. The third kappa shape index (κ3) is 3.78. The Balaban J connectivity index is 1.77. The van der Waals surface area contributed by atoms with Crippen molar-refractivity contribution in [3.8, 4) is 0 Å². The molecule has 0 radical (unpaired) electrons. The first-order valence-electron chi connectivity index (χ1n) is 8.67. The summed E-state index contributed by atoms with van der Waals surface area (Å²) < 4.78 is 0. The number of pyridine rings is 1. The Morgan fingerprint density at radius 3 is 2.34 bits per heavy atom. The van der Waals surface area contributed by atoms with Gasteiger partial charge in [0.25, 0.3) is 0 Å². The smallest absolute Gasteiger partial charge is 0.334 e. The molecule has 8 nitrogen and oxygen atoms in total. The molecule has 0 aliphatic carbocycles. The molecule has 9 heteroatoms. The van der Waals surface area contributed by atoms with Crippen LogP contribution in [0.5, 0.6) is 0 Å². The third-order valence-corrected chi connectivity index (χ3v) is 4.59. The van der Waals surface area contributed by atoms with E-state index >= 15 is 0 Å². The SMILES string of the molecule is Cc1ccc2c(Nc3ncnc(Nc4ccccc4Cl)c3[N+](=O)[O-])cccc2n1. The number of aromatic nitrogens is 3. The van der Waals surface area contributed by atoms with Crippen LogP contribution in [-0.2, 0) is 0 Å². The molecule has 0 saturated heterocycles. The molecule has 0 spiro atoms. The zero-order valence-corrected chi connectivity index (χ0v) is 16.0. The van der Waals surface area contributed by atoms with Crippen molar-refractivity contribution in [1.29, 1.82) is 0 Å². The van der Waals surface area contributed by atoms with E-state index in [4.69, 9.17) is 11.6 Å². The minimum absolute atomic E-state index is 0.0369. The first kappa shape index (κ1) is 18.6. The van der Waals surface area contributed by atoms with Gasteiger partial charge in [0, 0.05) is 16.8 Å². The van der Waals surface area contributed by atoms with Gasteiger partial charge in [-0.15, -0.1) is 0 Å². The van der Waals surface area contributed by atoms with Gasteiger partial charge in [-0.25, -0.2) is 9.97 Å². The lowest BCUT2D eigenvalue weighted by Crippen LogP contribution is -2.06. The molecular weight excluding hydrogens is 392 g/mol. The van der Waals surface area contributed by atoms with Crippen molar-refractivity contribution in [2.24, 2.45) is 0 Å². The molecule has 144 valence electrons. The van der Waals surface area contributed by atoms with E-state index in [9.17, 15) is 10.1 Å². The largest absolute Gasteiger partial charge is 0.353 e. The fraction of sp³-hybridized carbons (Fsp3) is 0.0500. The van der Waals surface area contributed by atoms with Crippen LogP contribution in [-0.4, -0.2) is 19.9 Å². The van der Waals surface area contributed by atoms with Gasteiger partial charge in [0.1, 0.15) is 6.33 Å². The number of nitrogens with one attached hydrogen (secondary N) is 2. The van der Waals surface area contributed by atoms with Crippen molar-refractivity contribution in [2.45, 2.75) is 6.92 Å². The second-order valence-electron chi connectivity index (χ2n) is 6.23. The maximum Gasteiger partial charge on any atom is 0.353 e. The quantitative estimate of drug-likeness (QED) is 0.338. The molecule has 0 amide bonds. The van der Waals surface area contributed by atoms with Crippen molar-refractivity contribution in [3.63, 3.8) is 0 Å². The number of anilines is 4. The van der Waals surface area contributed by atoms with Gasteiger partial charge < -0.3 is 10.6 Å². The van der Waals surface area contributed by atoms with Gasteiger partial charge in [0.2, 0.25) is 11.6 Å². The van der Waals surface area contributed by atoms with Crippen LogP contribution in [0.1, 0.15) is 5.69 Å². The lowest BCUT2D eigenvalue weighted by atomic mass is 10.1. The lowest BCUT2D eigenvalue weighted by Gasteiger charge is -2.12. The number of halogens is 1. The molecule has 0 unspecified atom stereocenters. The molecule has 0 fully saturated rings. The number of nitro groups is 1. The Morgan fingerprint density at radius 1 is 0.931 bits per heavy atom. The van der Waals surface area contributed by atoms with Crippen LogP contribution in [0.4, 0.5) is 28.7 Å². The summed E-state index contributed by atoms with van der Waals surface area (Å²) in [5.74, 6) is 0.0995. The Morgan fingerprint density at radius 2 is 1.62 bits per heavy atom. The summed E-state index contributed by atoms with van der Waals surface area (Å²) >= 11 is 6.16. The predicted octanol–water partition coefficient (Wildman–Crippen LogP) is 5.38. The highest BCUT2D eigenvalue weighted by molar-refractivity contribution is 6.33. The van der Waals surface area contributed by atoms with Crippen molar-refractivity contribution < 1.29 is 4.92 Å². The molecule has 2 heterocycles. The van der Waals surface area contributed by atoms with Gasteiger partial charge in [-0.05, 0) is 43.3 Å². The summed E-state index contributed by atoms with van der Waals surface area (Å²) in [5, 5.41) is 19.0. The number of nitrogens with zero attached hydrogens (tertiary/aromatic N) is 4. The molecule has 0 saturated carbocycles. The van der Waals surface area contributed by atoms with Crippen LogP contribution in [0.15, 0.2) is 60.9 Å². The van der Waals surface area contributed by atoms with Crippen LogP contribution in [0.3, 0.4) is 0 Å². The van der Waals surface area contributed by atoms with E-state index in [-0.39, 0.29) is 17.3 Å². The molecule has 2 N–H and O–H groups in total. The Hall–Kier alpha value is -3.78. The number of benzene rings is 2. The standard InChI is InChI=1S/C20H15ClN6O2/c1-12-9-10-13-15(24-12)7-4-8-16(13)25-19-18(27(28)29)20(23-11-22-19)26-17-6-3-2-5-14(17)21/h2-11H,1H3,(H2,22,23,25,26). The number of para-hydroxylation sites is 1. The minimum Gasteiger partial charge on any atom is -0.334 e. The second kappa shape index (κ2) is 7.69. The van der Waals surface area contributed by atoms with E-state index < -0.39 is 4.92 Å². The predicted molar refractivity (Wildman–Crippen MR) is 113 cm³/mol. The fourth-order valence-electron chi connectivity index (χ4n) is 2.92. The highest BCUT2D eigenvalue weighted by Crippen LogP contribution is 2.35. The van der Waals surface area contributed by atoms with E-state index in [0.717, 1.165) is 16.6 Å². The first-order chi connectivity index (χ1) is 14.0. The maximum atomic E-state index is 11.8. The molecule has 0 aliphatic rings. The van der Waals surface area contributed by atoms with Gasteiger partial charge in [-0.1, -0.05) is 29.8 Å². The number of hydrogen-bond acceptors (Lipinski definition) is 7. The molecule has 4 rings (SSSR count). The second-order valence-corrected chi connectivity index (χ2v) is 6.64. The summed E-state index contributed by atoms with van der Waals surface area (Å²) in [6, 6.07) is 16.2. The first-order valence-corrected chi connectivity index (χ1v) is 9.05. The monoisotopic (exact) mass is 406 g/mol. The molecule has 0 bridgehead atoms. The van der Waals surface area contributed by atoms with Crippen molar-refractivity contribution >= 4 is 51.2 Å². The van der Waals surface area contributed by atoms with E-state index in [1.54, 1.807) is 24.3 Å². The number of hydrogen-bond donors (Lipinski definition) is 2. The molecular formula is C20H15ClN6O2. The summed E-state index contributed by atoms with van der Waals surface area (Å²) in [7, 11) is 0. The molecule has 4 aromatic rings. The summed E-state index contributed by atoms with van der Waals surface area (Å²) in [4.78, 5) is 23.9. The zero-order chi connectivity index (χ0) is 20.4. The molecule has 0 atom stereocenters. The normalized spacial score (nSPS) is 10.7. The van der Waals surface area contributed by atoms with Gasteiger partial charge in [0.05, 0.1) is 21.2 Å². The van der Waals surface area contributed by atoms with Crippen LogP contribution < -0.4 is 10.6 Å². The van der Waals surface area contributed by atoms with E-state index in [2.05, 4.69) is 25.6 Å². The number of fused-ring (bicyclic) bond motifs is 1. The Bertz CT molecular complexity index is 1230. The van der Waals surface area contributed by atoms with Crippen LogP contribution in [0, 0.1) is 17.0 Å².